The van der Waals surface area contributed by atoms with E-state index in [2.05, 4.69) is 4.72 Å². The van der Waals surface area contributed by atoms with Crippen LogP contribution in [0.1, 0.15) is 40.0 Å². The molecule has 0 rings (SSSR count). The van der Waals surface area contributed by atoms with Gasteiger partial charge in [-0.2, -0.15) is 5.26 Å². The van der Waals surface area contributed by atoms with Gasteiger partial charge in [-0.3, -0.25) is 4.79 Å². The van der Waals surface area contributed by atoms with Gasteiger partial charge in [0.25, 0.3) is 0 Å². The largest absolute Gasteiger partial charge is 0.481 e. The average Bonchev–Trinajstić information content (AvgIpc) is 2.31. The molecule has 6 nitrogen and oxygen atoms in total. The van der Waals surface area contributed by atoms with Gasteiger partial charge < -0.3 is 5.11 Å². The summed E-state index contributed by atoms with van der Waals surface area (Å²) in [5.41, 5.74) is 0. The highest BCUT2D eigenvalue weighted by Gasteiger charge is 2.21. The molecule has 0 spiro atoms. The number of hydrogen-bond acceptors (Lipinski definition) is 4. The second-order valence-electron chi connectivity index (χ2n) is 4.94. The van der Waals surface area contributed by atoms with E-state index >= 15 is 0 Å². The number of nitriles is 1. The Balaban J connectivity index is 4.28. The van der Waals surface area contributed by atoms with E-state index in [-0.39, 0.29) is 24.8 Å². The summed E-state index contributed by atoms with van der Waals surface area (Å²) in [4.78, 5) is 10.5. The molecule has 0 radical (unpaired) electrons. The normalized spacial score (nSPS) is 14.9. The highest BCUT2D eigenvalue weighted by atomic mass is 32.2. The highest BCUT2D eigenvalue weighted by Crippen LogP contribution is 2.20. The van der Waals surface area contributed by atoms with Crippen molar-refractivity contribution in [3.05, 3.63) is 0 Å². The van der Waals surface area contributed by atoms with E-state index in [1.54, 1.807) is 6.07 Å². The molecule has 7 heteroatoms. The summed E-state index contributed by atoms with van der Waals surface area (Å²) in [7, 11) is -3.59. The molecule has 0 bridgehead atoms. The van der Waals surface area contributed by atoms with Gasteiger partial charge in [0, 0.05) is 13.0 Å². The lowest BCUT2D eigenvalue weighted by atomic mass is 9.88. The Morgan fingerprint density at radius 1 is 1.32 bits per heavy atom. The molecule has 0 aliphatic carbocycles. The fourth-order valence-electron chi connectivity index (χ4n) is 1.70. The van der Waals surface area contributed by atoms with Gasteiger partial charge in [0.1, 0.15) is 0 Å². The molecule has 0 aliphatic rings. The monoisotopic (exact) mass is 290 g/mol. The lowest BCUT2D eigenvalue weighted by Gasteiger charge is -2.20. The van der Waals surface area contributed by atoms with Crippen LogP contribution in [0.4, 0.5) is 0 Å². The summed E-state index contributed by atoms with van der Waals surface area (Å²) in [5, 5.41) is 16.2. The van der Waals surface area contributed by atoms with Gasteiger partial charge in [-0.15, -0.1) is 0 Å². The second kappa shape index (κ2) is 8.12. The topological polar surface area (TPSA) is 107 Å². The van der Waals surface area contributed by atoms with E-state index in [0.29, 0.717) is 12.8 Å². The molecule has 2 N–H and O–H groups in total. The molecular weight excluding hydrogens is 268 g/mol. The first-order valence-corrected chi connectivity index (χ1v) is 7.85. The number of hydrogen-bond donors (Lipinski definition) is 2. The third-order valence-electron chi connectivity index (χ3n) is 3.14. The quantitative estimate of drug-likeness (QED) is 0.666. The highest BCUT2D eigenvalue weighted by molar-refractivity contribution is 7.90. The van der Waals surface area contributed by atoms with Crippen LogP contribution in [0.3, 0.4) is 0 Å². The van der Waals surface area contributed by atoms with Crippen LogP contribution in [0, 0.1) is 23.2 Å². The Hall–Kier alpha value is -1.13. The van der Waals surface area contributed by atoms with Gasteiger partial charge in [-0.05, 0) is 31.6 Å². The van der Waals surface area contributed by atoms with E-state index < -0.39 is 21.2 Å². The average molecular weight is 290 g/mol. The molecule has 19 heavy (non-hydrogen) atoms. The first-order valence-electron chi connectivity index (χ1n) is 6.30. The van der Waals surface area contributed by atoms with E-state index in [0.717, 1.165) is 0 Å². The Kier molecular flexibility index (Phi) is 7.64. The van der Waals surface area contributed by atoms with Crippen molar-refractivity contribution < 1.29 is 18.3 Å². The minimum absolute atomic E-state index is 0.0875. The zero-order valence-corrected chi connectivity index (χ0v) is 12.4. The molecule has 2 atom stereocenters. The maximum Gasteiger partial charge on any atom is 0.303 e. The molecule has 0 aromatic carbocycles. The number of carboxylic acid groups (broad SMARTS) is 1. The maximum absolute atomic E-state index is 11.6. The van der Waals surface area contributed by atoms with Crippen molar-refractivity contribution in [3.63, 3.8) is 0 Å². The molecule has 0 fully saturated rings. The van der Waals surface area contributed by atoms with E-state index in [1.807, 2.05) is 13.8 Å². The van der Waals surface area contributed by atoms with Gasteiger partial charge in [0.2, 0.25) is 10.0 Å². The van der Waals surface area contributed by atoms with E-state index in [9.17, 15) is 13.2 Å². The fourth-order valence-corrected chi connectivity index (χ4v) is 2.49. The van der Waals surface area contributed by atoms with Crippen LogP contribution in [0.25, 0.3) is 0 Å². The number of rotatable bonds is 9. The minimum atomic E-state index is -3.59. The fraction of sp³-hybridized carbons (Fsp3) is 0.833. The van der Waals surface area contributed by atoms with Crippen LogP contribution in [-0.4, -0.2) is 31.3 Å². The molecule has 0 saturated heterocycles. The first-order chi connectivity index (χ1) is 8.70. The summed E-state index contributed by atoms with van der Waals surface area (Å²) < 4.78 is 25.5. The van der Waals surface area contributed by atoms with Gasteiger partial charge in [0.05, 0.1) is 6.07 Å². The molecule has 0 aromatic heterocycles. The van der Waals surface area contributed by atoms with Crippen molar-refractivity contribution >= 4 is 16.0 Å². The molecular formula is C12H22N2O4S. The molecule has 2 unspecified atom stereocenters. The lowest BCUT2D eigenvalue weighted by molar-refractivity contribution is -0.137. The Morgan fingerprint density at radius 2 is 1.89 bits per heavy atom. The minimum Gasteiger partial charge on any atom is -0.481 e. The third kappa shape index (κ3) is 7.13. The van der Waals surface area contributed by atoms with Crippen molar-refractivity contribution in [1.29, 1.82) is 5.26 Å². The molecule has 0 aliphatic heterocycles. The van der Waals surface area contributed by atoms with Crippen LogP contribution < -0.4 is 4.72 Å². The number of nitrogens with zero attached hydrogens (tertiary/aromatic N) is 1. The number of sulfonamides is 1. The predicted octanol–water partition coefficient (Wildman–Crippen LogP) is 1.34. The number of aliphatic carboxylic acids is 1. The summed E-state index contributed by atoms with van der Waals surface area (Å²) in [6.07, 6.45) is 1.19. The molecule has 0 saturated carbocycles. The first kappa shape index (κ1) is 17.9. The van der Waals surface area contributed by atoms with Crippen molar-refractivity contribution in [3.8, 4) is 6.07 Å². The Morgan fingerprint density at radius 3 is 2.32 bits per heavy atom. The third-order valence-corrected chi connectivity index (χ3v) is 4.78. The van der Waals surface area contributed by atoms with Crippen LogP contribution in [0.5, 0.6) is 0 Å². The number of carboxylic acids is 1. The standard InChI is InChI=1S/C12H22N2O4S/c1-9(2)11(4-5-12(15)16)6-7-14-19(17,18)10(3)8-13/h9-11,14H,4-7H2,1-3H3,(H,15,16). The van der Waals surface area contributed by atoms with Crippen LogP contribution in [0.15, 0.2) is 0 Å². The van der Waals surface area contributed by atoms with E-state index in [1.165, 1.54) is 6.92 Å². The van der Waals surface area contributed by atoms with Gasteiger partial charge in [0.15, 0.2) is 5.25 Å². The molecule has 110 valence electrons. The SMILES string of the molecule is CC(C)C(CCNS(=O)(=O)C(C)C#N)CCC(=O)O. The summed E-state index contributed by atoms with van der Waals surface area (Å²) in [6.45, 7) is 5.53. The van der Waals surface area contributed by atoms with Crippen LogP contribution >= 0.6 is 0 Å². The van der Waals surface area contributed by atoms with Gasteiger partial charge >= 0.3 is 5.97 Å². The van der Waals surface area contributed by atoms with Crippen molar-refractivity contribution in [2.75, 3.05) is 6.54 Å². The summed E-state index contributed by atoms with van der Waals surface area (Å²) >= 11 is 0. The second-order valence-corrected chi connectivity index (χ2v) is 7.02. The number of nitrogens with one attached hydrogen (secondary N) is 1. The molecule has 0 aromatic rings. The Labute approximate surface area is 114 Å². The van der Waals surface area contributed by atoms with Crippen molar-refractivity contribution in [2.24, 2.45) is 11.8 Å². The Bertz CT molecular complexity index is 426. The lowest BCUT2D eigenvalue weighted by Crippen LogP contribution is -2.33. The zero-order chi connectivity index (χ0) is 15.1. The van der Waals surface area contributed by atoms with Crippen LogP contribution in [0.2, 0.25) is 0 Å². The van der Waals surface area contributed by atoms with Gasteiger partial charge in [-0.25, -0.2) is 13.1 Å². The molecule has 0 amide bonds. The van der Waals surface area contributed by atoms with Crippen LogP contribution in [-0.2, 0) is 14.8 Å². The smallest absolute Gasteiger partial charge is 0.303 e. The summed E-state index contributed by atoms with van der Waals surface area (Å²) in [5.74, 6) is -0.405. The zero-order valence-electron chi connectivity index (χ0n) is 11.6. The molecule has 0 heterocycles. The van der Waals surface area contributed by atoms with Gasteiger partial charge in [-0.1, -0.05) is 13.8 Å². The summed E-state index contributed by atoms with van der Waals surface area (Å²) in [6, 6.07) is 1.68. The maximum atomic E-state index is 11.6. The number of carbonyl (C=O) groups is 1. The predicted molar refractivity (Wildman–Crippen MR) is 71.8 cm³/mol. The van der Waals surface area contributed by atoms with Crippen molar-refractivity contribution in [2.45, 2.75) is 45.3 Å². The van der Waals surface area contributed by atoms with Crippen molar-refractivity contribution in [1.82, 2.24) is 4.72 Å². The van der Waals surface area contributed by atoms with E-state index in [4.69, 9.17) is 10.4 Å².